The van der Waals surface area contributed by atoms with Crippen LogP contribution in [-0.4, -0.2) is 32.3 Å². The number of nitrogens with one attached hydrogen (secondary N) is 1. The Labute approximate surface area is 117 Å². The second-order valence-corrected chi connectivity index (χ2v) is 5.01. The van der Waals surface area contributed by atoms with E-state index >= 15 is 0 Å². The Hall–Kier alpha value is -1.82. The molecule has 1 saturated carbocycles. The van der Waals surface area contributed by atoms with Gasteiger partial charge in [0.2, 0.25) is 0 Å². The van der Waals surface area contributed by atoms with E-state index in [0.717, 1.165) is 25.3 Å². The Balaban J connectivity index is 2.16. The molecule has 20 heavy (non-hydrogen) atoms. The highest BCUT2D eigenvalue weighted by Gasteiger charge is 2.36. The Bertz CT molecular complexity index is 510. The quantitative estimate of drug-likeness (QED) is 0.639. The molecule has 110 valence electrons. The number of rotatable bonds is 5. The first-order valence-corrected chi connectivity index (χ1v) is 6.48. The first-order valence-electron chi connectivity index (χ1n) is 6.48. The molecule has 0 aromatic heterocycles. The SMILES string of the molecule is COC(=O)c1cc(NCC2(OC)CCC2)c(F)cc1N. The van der Waals surface area contributed by atoms with Gasteiger partial charge in [-0.2, -0.15) is 0 Å². The van der Waals surface area contributed by atoms with Crippen LogP contribution in [0.2, 0.25) is 0 Å². The summed E-state index contributed by atoms with van der Waals surface area (Å²) in [6.45, 7) is 0.491. The van der Waals surface area contributed by atoms with E-state index in [-0.39, 0.29) is 22.5 Å². The molecule has 0 heterocycles. The van der Waals surface area contributed by atoms with Crippen molar-refractivity contribution in [3.8, 4) is 0 Å². The molecule has 0 unspecified atom stereocenters. The number of halogens is 1. The number of ether oxygens (including phenoxy) is 2. The molecule has 0 atom stereocenters. The van der Waals surface area contributed by atoms with Crippen molar-refractivity contribution in [2.75, 3.05) is 31.8 Å². The number of methoxy groups -OCH3 is 2. The predicted octanol–water partition coefficient (Wildman–Crippen LogP) is 2.18. The topological polar surface area (TPSA) is 73.6 Å². The van der Waals surface area contributed by atoms with Gasteiger partial charge in [-0.1, -0.05) is 0 Å². The average Bonchev–Trinajstić information content (AvgIpc) is 2.39. The van der Waals surface area contributed by atoms with Gasteiger partial charge in [0.1, 0.15) is 5.82 Å². The fourth-order valence-electron chi connectivity index (χ4n) is 2.29. The van der Waals surface area contributed by atoms with E-state index in [1.54, 1.807) is 7.11 Å². The highest BCUT2D eigenvalue weighted by atomic mass is 19.1. The zero-order valence-electron chi connectivity index (χ0n) is 11.7. The van der Waals surface area contributed by atoms with Gasteiger partial charge < -0.3 is 20.5 Å². The average molecular weight is 282 g/mol. The second kappa shape index (κ2) is 5.66. The van der Waals surface area contributed by atoms with Gasteiger partial charge in [-0.3, -0.25) is 0 Å². The van der Waals surface area contributed by atoms with Gasteiger partial charge in [-0.25, -0.2) is 9.18 Å². The molecule has 1 aromatic carbocycles. The summed E-state index contributed by atoms with van der Waals surface area (Å²) in [5.41, 5.74) is 5.82. The summed E-state index contributed by atoms with van der Waals surface area (Å²) in [7, 11) is 2.91. The van der Waals surface area contributed by atoms with Crippen LogP contribution < -0.4 is 11.1 Å². The molecule has 0 radical (unpaired) electrons. The Morgan fingerprint density at radius 1 is 1.45 bits per heavy atom. The highest BCUT2D eigenvalue weighted by Crippen LogP contribution is 2.35. The van der Waals surface area contributed by atoms with Gasteiger partial charge in [0, 0.05) is 19.3 Å². The number of carbonyl (C=O) groups excluding carboxylic acids is 1. The summed E-state index contributed by atoms with van der Waals surface area (Å²) in [4.78, 5) is 11.5. The molecule has 3 N–H and O–H groups in total. The zero-order chi connectivity index (χ0) is 14.8. The molecule has 0 aliphatic heterocycles. The maximum Gasteiger partial charge on any atom is 0.340 e. The lowest BCUT2D eigenvalue weighted by Gasteiger charge is -2.40. The van der Waals surface area contributed by atoms with Crippen LogP contribution in [-0.2, 0) is 9.47 Å². The van der Waals surface area contributed by atoms with E-state index in [9.17, 15) is 9.18 Å². The van der Waals surface area contributed by atoms with Crippen molar-refractivity contribution in [3.63, 3.8) is 0 Å². The van der Waals surface area contributed by atoms with Gasteiger partial charge >= 0.3 is 5.97 Å². The van der Waals surface area contributed by atoms with Gasteiger partial charge in [-0.15, -0.1) is 0 Å². The predicted molar refractivity (Wildman–Crippen MR) is 74.2 cm³/mol. The molecule has 0 amide bonds. The fourth-order valence-corrected chi connectivity index (χ4v) is 2.29. The highest BCUT2D eigenvalue weighted by molar-refractivity contribution is 5.96. The lowest BCUT2D eigenvalue weighted by atomic mass is 9.80. The Morgan fingerprint density at radius 3 is 2.65 bits per heavy atom. The van der Waals surface area contributed by atoms with Crippen molar-refractivity contribution in [2.45, 2.75) is 24.9 Å². The minimum absolute atomic E-state index is 0.0602. The van der Waals surface area contributed by atoms with Crippen molar-refractivity contribution < 1.29 is 18.7 Å². The van der Waals surface area contributed by atoms with Crippen LogP contribution in [0.4, 0.5) is 15.8 Å². The largest absolute Gasteiger partial charge is 0.465 e. The molecule has 2 rings (SSSR count). The summed E-state index contributed by atoms with van der Waals surface area (Å²) in [5, 5.41) is 2.99. The van der Waals surface area contributed by atoms with Gasteiger partial charge in [0.25, 0.3) is 0 Å². The Morgan fingerprint density at radius 2 is 2.15 bits per heavy atom. The Kier molecular flexibility index (Phi) is 4.13. The minimum Gasteiger partial charge on any atom is -0.465 e. The molecule has 0 saturated heterocycles. The maximum atomic E-state index is 13.9. The molecule has 6 heteroatoms. The third-order valence-corrected chi connectivity index (χ3v) is 3.84. The molecular weight excluding hydrogens is 263 g/mol. The zero-order valence-corrected chi connectivity index (χ0v) is 11.7. The van der Waals surface area contributed by atoms with E-state index in [4.69, 9.17) is 10.5 Å². The lowest BCUT2D eigenvalue weighted by molar-refractivity contribution is -0.0601. The molecule has 1 aliphatic rings. The van der Waals surface area contributed by atoms with E-state index in [1.165, 1.54) is 13.2 Å². The van der Waals surface area contributed by atoms with Gasteiger partial charge in [-0.05, 0) is 31.4 Å². The van der Waals surface area contributed by atoms with Gasteiger partial charge in [0.05, 0.1) is 24.0 Å². The monoisotopic (exact) mass is 282 g/mol. The van der Waals surface area contributed by atoms with Crippen molar-refractivity contribution in [2.24, 2.45) is 0 Å². The standard InChI is InChI=1S/C14H19FN2O3/c1-19-13(18)9-6-12(10(15)7-11(9)16)17-8-14(20-2)4-3-5-14/h6-7,17H,3-5,8,16H2,1-2H3. The molecule has 1 fully saturated rings. The number of hydrogen-bond donors (Lipinski definition) is 2. The molecule has 1 aliphatic carbocycles. The number of carbonyl (C=O) groups is 1. The fraction of sp³-hybridized carbons (Fsp3) is 0.500. The van der Waals surface area contributed by atoms with E-state index in [0.29, 0.717) is 6.54 Å². The van der Waals surface area contributed by atoms with Crippen LogP contribution in [0, 0.1) is 5.82 Å². The molecule has 0 spiro atoms. The summed E-state index contributed by atoms with van der Waals surface area (Å²) in [6, 6.07) is 2.49. The van der Waals surface area contributed by atoms with E-state index in [2.05, 4.69) is 10.1 Å². The second-order valence-electron chi connectivity index (χ2n) is 5.01. The summed E-state index contributed by atoms with van der Waals surface area (Å²) in [6.07, 6.45) is 2.99. The van der Waals surface area contributed by atoms with Crippen molar-refractivity contribution >= 4 is 17.3 Å². The number of nitrogens with two attached hydrogens (primary N) is 1. The van der Waals surface area contributed by atoms with Crippen molar-refractivity contribution in [1.29, 1.82) is 0 Å². The van der Waals surface area contributed by atoms with Crippen molar-refractivity contribution in [3.05, 3.63) is 23.5 Å². The molecule has 0 bridgehead atoms. The smallest absolute Gasteiger partial charge is 0.340 e. The normalized spacial score (nSPS) is 16.4. The van der Waals surface area contributed by atoms with Crippen LogP contribution in [0.3, 0.4) is 0 Å². The van der Waals surface area contributed by atoms with Crippen molar-refractivity contribution in [1.82, 2.24) is 0 Å². The third kappa shape index (κ3) is 2.70. The number of benzene rings is 1. The number of hydrogen-bond acceptors (Lipinski definition) is 5. The van der Waals surface area contributed by atoms with Crippen LogP contribution >= 0.6 is 0 Å². The lowest BCUT2D eigenvalue weighted by Crippen LogP contribution is -2.45. The summed E-state index contributed by atoms with van der Waals surface area (Å²) < 4.78 is 23.9. The van der Waals surface area contributed by atoms with Crippen LogP contribution in [0.1, 0.15) is 29.6 Å². The number of nitrogen functional groups attached to an aromatic ring is 1. The van der Waals surface area contributed by atoms with Crippen LogP contribution in [0.5, 0.6) is 0 Å². The molecule has 1 aromatic rings. The maximum absolute atomic E-state index is 13.9. The van der Waals surface area contributed by atoms with Crippen LogP contribution in [0.15, 0.2) is 12.1 Å². The first kappa shape index (κ1) is 14.6. The molecular formula is C14H19FN2O3. The van der Waals surface area contributed by atoms with Gasteiger partial charge in [0.15, 0.2) is 0 Å². The summed E-state index contributed by atoms with van der Waals surface area (Å²) >= 11 is 0. The minimum atomic E-state index is -0.587. The van der Waals surface area contributed by atoms with Crippen LogP contribution in [0.25, 0.3) is 0 Å². The summed E-state index contributed by atoms with van der Waals surface area (Å²) in [5.74, 6) is -1.09. The number of anilines is 2. The molecule has 5 nitrogen and oxygen atoms in total. The third-order valence-electron chi connectivity index (χ3n) is 3.84. The van der Waals surface area contributed by atoms with E-state index in [1.807, 2.05) is 0 Å². The number of esters is 1. The first-order chi connectivity index (χ1) is 9.51. The van der Waals surface area contributed by atoms with E-state index < -0.39 is 11.8 Å².